The summed E-state index contributed by atoms with van der Waals surface area (Å²) >= 11 is 3.51. The van der Waals surface area contributed by atoms with Gasteiger partial charge >= 0.3 is 0 Å². The molecule has 23 heavy (non-hydrogen) atoms. The third-order valence-electron chi connectivity index (χ3n) is 4.19. The van der Waals surface area contributed by atoms with Crippen LogP contribution in [0.4, 0.5) is 5.69 Å². The number of rotatable bonds is 2. The van der Waals surface area contributed by atoms with Gasteiger partial charge in [-0.25, -0.2) is 0 Å². The van der Waals surface area contributed by atoms with E-state index in [1.165, 1.54) is 16.3 Å². The lowest BCUT2D eigenvalue weighted by Gasteiger charge is -2.17. The second-order valence-corrected chi connectivity index (χ2v) is 6.57. The van der Waals surface area contributed by atoms with Crippen LogP contribution in [0.1, 0.15) is 5.56 Å². The maximum absolute atomic E-state index is 6.03. The molecule has 1 unspecified atom stereocenters. The molecule has 0 bridgehead atoms. The Kier molecular flexibility index (Phi) is 3.58. The number of nitrogens with zero attached hydrogens (tertiary/aromatic N) is 1. The fourth-order valence-corrected chi connectivity index (χ4v) is 3.31. The van der Waals surface area contributed by atoms with Crippen molar-refractivity contribution >= 4 is 38.5 Å². The predicted octanol–water partition coefficient (Wildman–Crippen LogP) is 5.47. The molecule has 3 aromatic rings. The van der Waals surface area contributed by atoms with E-state index in [0.717, 1.165) is 15.9 Å². The first-order chi connectivity index (χ1) is 11.2. The van der Waals surface area contributed by atoms with Crippen molar-refractivity contribution in [3.05, 3.63) is 76.8 Å². The SMILES string of the molecule is CN1c2cc(Br)ccc2OC1C=Cc1cccc2ccccc12. The van der Waals surface area contributed by atoms with Crippen molar-refractivity contribution in [2.24, 2.45) is 0 Å². The van der Waals surface area contributed by atoms with Gasteiger partial charge in [0.05, 0.1) is 5.69 Å². The summed E-state index contributed by atoms with van der Waals surface area (Å²) in [6, 6.07) is 20.9. The molecule has 2 nitrogen and oxygen atoms in total. The number of fused-ring (bicyclic) bond motifs is 2. The van der Waals surface area contributed by atoms with Gasteiger partial charge < -0.3 is 9.64 Å². The second-order valence-electron chi connectivity index (χ2n) is 5.66. The molecular weight excluding hydrogens is 350 g/mol. The van der Waals surface area contributed by atoms with Crippen LogP contribution in [-0.4, -0.2) is 13.3 Å². The third kappa shape index (κ3) is 2.62. The fourth-order valence-electron chi connectivity index (χ4n) is 2.96. The van der Waals surface area contributed by atoms with Gasteiger partial charge in [-0.2, -0.15) is 0 Å². The Hall–Kier alpha value is -2.26. The Morgan fingerprint density at radius 2 is 1.87 bits per heavy atom. The van der Waals surface area contributed by atoms with Crippen LogP contribution >= 0.6 is 15.9 Å². The molecule has 0 N–H and O–H groups in total. The van der Waals surface area contributed by atoms with E-state index in [-0.39, 0.29) is 6.23 Å². The molecule has 3 heteroatoms. The van der Waals surface area contributed by atoms with Crippen LogP contribution in [0.3, 0.4) is 0 Å². The highest BCUT2D eigenvalue weighted by Crippen LogP contribution is 2.38. The van der Waals surface area contributed by atoms with E-state index in [2.05, 4.69) is 88.6 Å². The Labute approximate surface area is 144 Å². The fraction of sp³-hybridized carbons (Fsp3) is 0.100. The molecule has 0 aromatic heterocycles. The van der Waals surface area contributed by atoms with E-state index in [1.807, 2.05) is 12.1 Å². The van der Waals surface area contributed by atoms with Crippen LogP contribution in [0.25, 0.3) is 16.8 Å². The largest absolute Gasteiger partial charge is 0.465 e. The van der Waals surface area contributed by atoms with E-state index < -0.39 is 0 Å². The number of hydrogen-bond acceptors (Lipinski definition) is 2. The van der Waals surface area contributed by atoms with Crippen LogP contribution in [0.5, 0.6) is 5.75 Å². The molecule has 0 radical (unpaired) electrons. The van der Waals surface area contributed by atoms with Gasteiger partial charge in [0, 0.05) is 11.5 Å². The molecule has 1 aliphatic heterocycles. The Balaban J connectivity index is 1.65. The monoisotopic (exact) mass is 365 g/mol. The molecule has 1 aliphatic rings. The van der Waals surface area contributed by atoms with Crippen LogP contribution in [0.15, 0.2) is 71.2 Å². The molecule has 114 valence electrons. The van der Waals surface area contributed by atoms with Gasteiger partial charge in [0.15, 0.2) is 6.23 Å². The number of halogens is 1. The van der Waals surface area contributed by atoms with Crippen molar-refractivity contribution in [3.8, 4) is 5.75 Å². The maximum Gasteiger partial charge on any atom is 0.192 e. The molecular formula is C20H16BrNO. The smallest absolute Gasteiger partial charge is 0.192 e. The van der Waals surface area contributed by atoms with Crippen molar-refractivity contribution < 1.29 is 4.74 Å². The molecule has 0 fully saturated rings. The molecule has 4 rings (SSSR count). The summed E-state index contributed by atoms with van der Waals surface area (Å²) in [4.78, 5) is 2.14. The summed E-state index contributed by atoms with van der Waals surface area (Å²) < 4.78 is 7.09. The van der Waals surface area contributed by atoms with E-state index in [9.17, 15) is 0 Å². The van der Waals surface area contributed by atoms with Gasteiger partial charge in [-0.05, 0) is 40.6 Å². The topological polar surface area (TPSA) is 12.5 Å². The molecule has 3 aromatic carbocycles. The molecule has 0 aliphatic carbocycles. The molecule has 0 spiro atoms. The molecule has 0 amide bonds. The summed E-state index contributed by atoms with van der Waals surface area (Å²) in [6.45, 7) is 0. The van der Waals surface area contributed by atoms with Crippen LogP contribution < -0.4 is 9.64 Å². The lowest BCUT2D eigenvalue weighted by Crippen LogP contribution is -2.28. The van der Waals surface area contributed by atoms with Crippen molar-refractivity contribution in [3.63, 3.8) is 0 Å². The lowest BCUT2D eigenvalue weighted by molar-refractivity contribution is 0.280. The first-order valence-electron chi connectivity index (χ1n) is 7.57. The zero-order chi connectivity index (χ0) is 15.8. The highest BCUT2D eigenvalue weighted by atomic mass is 79.9. The second kappa shape index (κ2) is 5.74. The minimum atomic E-state index is -0.0849. The van der Waals surface area contributed by atoms with Gasteiger partial charge in [0.2, 0.25) is 0 Å². The van der Waals surface area contributed by atoms with E-state index >= 15 is 0 Å². The summed E-state index contributed by atoms with van der Waals surface area (Å²) in [6.07, 6.45) is 4.17. The quantitative estimate of drug-likeness (QED) is 0.596. The van der Waals surface area contributed by atoms with Gasteiger partial charge in [0.25, 0.3) is 0 Å². The number of hydrogen-bond donors (Lipinski definition) is 0. The highest BCUT2D eigenvalue weighted by molar-refractivity contribution is 9.10. The Bertz CT molecular complexity index is 898. The van der Waals surface area contributed by atoms with Crippen molar-refractivity contribution in [2.75, 3.05) is 11.9 Å². The van der Waals surface area contributed by atoms with Gasteiger partial charge in [-0.15, -0.1) is 0 Å². The molecule has 0 saturated heterocycles. The Morgan fingerprint density at radius 3 is 2.78 bits per heavy atom. The average molecular weight is 366 g/mol. The molecule has 1 heterocycles. The van der Waals surface area contributed by atoms with E-state index in [1.54, 1.807) is 0 Å². The zero-order valence-corrected chi connectivity index (χ0v) is 14.3. The predicted molar refractivity (Wildman–Crippen MR) is 99.9 cm³/mol. The first-order valence-corrected chi connectivity index (χ1v) is 8.37. The zero-order valence-electron chi connectivity index (χ0n) is 12.7. The third-order valence-corrected chi connectivity index (χ3v) is 4.69. The Morgan fingerprint density at radius 1 is 1.04 bits per heavy atom. The maximum atomic E-state index is 6.03. The van der Waals surface area contributed by atoms with E-state index in [4.69, 9.17) is 4.74 Å². The normalized spacial score (nSPS) is 16.8. The van der Waals surface area contributed by atoms with Crippen LogP contribution in [-0.2, 0) is 0 Å². The summed E-state index contributed by atoms with van der Waals surface area (Å²) in [7, 11) is 2.05. The van der Waals surface area contributed by atoms with Crippen molar-refractivity contribution in [1.82, 2.24) is 0 Å². The molecule has 0 saturated carbocycles. The minimum absolute atomic E-state index is 0.0849. The van der Waals surface area contributed by atoms with E-state index in [0.29, 0.717) is 0 Å². The lowest BCUT2D eigenvalue weighted by atomic mass is 10.0. The van der Waals surface area contributed by atoms with Crippen LogP contribution in [0, 0.1) is 0 Å². The standard InChI is InChI=1S/C20H16BrNO/c1-22-18-13-16(21)10-11-19(18)23-20(22)12-9-15-7-4-6-14-5-2-3-8-17(14)15/h2-13,20H,1H3. The van der Waals surface area contributed by atoms with Gasteiger partial charge in [-0.1, -0.05) is 64.5 Å². The van der Waals surface area contributed by atoms with Crippen LogP contribution in [0.2, 0.25) is 0 Å². The van der Waals surface area contributed by atoms with Gasteiger partial charge in [0.1, 0.15) is 5.75 Å². The number of benzene rings is 3. The summed E-state index contributed by atoms with van der Waals surface area (Å²) in [5.41, 5.74) is 2.31. The summed E-state index contributed by atoms with van der Waals surface area (Å²) in [5, 5.41) is 2.51. The highest BCUT2D eigenvalue weighted by Gasteiger charge is 2.25. The van der Waals surface area contributed by atoms with Crippen molar-refractivity contribution in [1.29, 1.82) is 0 Å². The number of anilines is 1. The number of ether oxygens (including phenoxy) is 1. The van der Waals surface area contributed by atoms with Crippen molar-refractivity contribution in [2.45, 2.75) is 6.23 Å². The number of likely N-dealkylation sites (N-methyl/N-ethyl adjacent to an activating group) is 1. The summed E-state index contributed by atoms with van der Waals surface area (Å²) in [5.74, 6) is 0.920. The average Bonchev–Trinajstić information content (AvgIpc) is 2.89. The minimum Gasteiger partial charge on any atom is -0.465 e. The first kappa shape index (κ1) is 14.3. The molecule has 1 atom stereocenters. The van der Waals surface area contributed by atoms with Gasteiger partial charge in [-0.3, -0.25) is 0 Å².